The topological polar surface area (TPSA) is 29.5 Å². The predicted molar refractivity (Wildman–Crippen MR) is 77.1 cm³/mol. The van der Waals surface area contributed by atoms with Crippen LogP contribution in [0.1, 0.15) is 31.2 Å². The molecule has 19 heavy (non-hydrogen) atoms. The third-order valence-corrected chi connectivity index (χ3v) is 4.31. The van der Waals surface area contributed by atoms with Gasteiger partial charge >= 0.3 is 0 Å². The second-order valence-electron chi connectivity index (χ2n) is 5.51. The number of benzene rings is 2. The van der Waals surface area contributed by atoms with E-state index in [1.165, 1.54) is 5.39 Å². The van der Waals surface area contributed by atoms with Gasteiger partial charge in [-0.05, 0) is 35.6 Å². The average molecular weight is 256 g/mol. The van der Waals surface area contributed by atoms with E-state index in [2.05, 4.69) is 24.3 Å². The van der Waals surface area contributed by atoms with E-state index >= 15 is 0 Å². The fraction of sp³-hybridized carbons (Fsp3) is 0.412. The van der Waals surface area contributed by atoms with Crippen molar-refractivity contribution in [3.8, 4) is 0 Å². The van der Waals surface area contributed by atoms with Crippen molar-refractivity contribution in [2.45, 2.75) is 37.4 Å². The van der Waals surface area contributed by atoms with Crippen LogP contribution in [0.3, 0.4) is 0 Å². The van der Waals surface area contributed by atoms with Crippen LogP contribution in [0.25, 0.3) is 10.8 Å². The molecule has 1 N–H and O–H groups in total. The Morgan fingerprint density at radius 1 is 1.16 bits per heavy atom. The van der Waals surface area contributed by atoms with Crippen LogP contribution in [0.5, 0.6) is 0 Å². The van der Waals surface area contributed by atoms with Crippen molar-refractivity contribution in [1.29, 1.82) is 0 Å². The van der Waals surface area contributed by atoms with Crippen molar-refractivity contribution < 1.29 is 9.84 Å². The van der Waals surface area contributed by atoms with Gasteiger partial charge in [-0.1, -0.05) is 42.5 Å². The number of methoxy groups -OCH3 is 1. The summed E-state index contributed by atoms with van der Waals surface area (Å²) in [6.45, 7) is 0. The van der Waals surface area contributed by atoms with Crippen LogP contribution in [0.4, 0.5) is 0 Å². The van der Waals surface area contributed by atoms with Gasteiger partial charge in [-0.15, -0.1) is 0 Å². The fourth-order valence-corrected chi connectivity index (χ4v) is 3.28. The molecule has 1 saturated carbocycles. The van der Waals surface area contributed by atoms with E-state index in [1.54, 1.807) is 7.11 Å². The molecule has 0 spiro atoms. The highest BCUT2D eigenvalue weighted by Gasteiger charge is 2.36. The molecule has 100 valence electrons. The summed E-state index contributed by atoms with van der Waals surface area (Å²) in [4.78, 5) is 0. The molecule has 0 aromatic heterocycles. The second kappa shape index (κ2) is 4.95. The van der Waals surface area contributed by atoms with Gasteiger partial charge in [0.2, 0.25) is 0 Å². The maximum atomic E-state index is 11.1. The zero-order valence-electron chi connectivity index (χ0n) is 11.3. The highest BCUT2D eigenvalue weighted by atomic mass is 16.5. The first-order valence-electron chi connectivity index (χ1n) is 6.96. The van der Waals surface area contributed by atoms with Crippen molar-refractivity contribution in [2.75, 3.05) is 7.11 Å². The molecule has 0 saturated heterocycles. The molecule has 0 radical (unpaired) electrons. The molecule has 2 nitrogen and oxygen atoms in total. The maximum Gasteiger partial charge on any atom is 0.0927 e. The molecular formula is C17H20O2. The molecule has 0 aliphatic heterocycles. The van der Waals surface area contributed by atoms with Gasteiger partial charge in [0.1, 0.15) is 0 Å². The molecule has 2 heteroatoms. The number of fused-ring (bicyclic) bond motifs is 1. The SMILES string of the molecule is COC1CCCC(O)(c2cccc3ccccc23)C1. The Morgan fingerprint density at radius 2 is 1.95 bits per heavy atom. The molecule has 3 rings (SSSR count). The monoisotopic (exact) mass is 256 g/mol. The molecule has 1 aliphatic rings. The summed E-state index contributed by atoms with van der Waals surface area (Å²) in [6, 6.07) is 14.4. The standard InChI is InChI=1S/C17H20O2/c1-19-14-8-5-11-17(18,12-14)16-10-4-7-13-6-2-3-9-15(13)16/h2-4,6-7,9-10,14,18H,5,8,11-12H2,1H3. The number of hydrogen-bond acceptors (Lipinski definition) is 2. The van der Waals surface area contributed by atoms with Gasteiger partial charge in [0, 0.05) is 13.5 Å². The largest absolute Gasteiger partial charge is 0.385 e. The van der Waals surface area contributed by atoms with E-state index in [0.717, 1.165) is 30.2 Å². The lowest BCUT2D eigenvalue weighted by atomic mass is 9.77. The van der Waals surface area contributed by atoms with Crippen LogP contribution in [-0.2, 0) is 10.3 Å². The molecule has 1 fully saturated rings. The van der Waals surface area contributed by atoms with E-state index in [1.807, 2.05) is 18.2 Å². The van der Waals surface area contributed by atoms with Gasteiger partial charge in [-0.2, -0.15) is 0 Å². The first-order valence-corrected chi connectivity index (χ1v) is 6.96. The Hall–Kier alpha value is -1.38. The summed E-state index contributed by atoms with van der Waals surface area (Å²) in [5, 5.41) is 13.4. The zero-order valence-corrected chi connectivity index (χ0v) is 11.3. The van der Waals surface area contributed by atoms with E-state index in [0.29, 0.717) is 6.42 Å². The molecule has 2 aromatic carbocycles. The third-order valence-electron chi connectivity index (χ3n) is 4.31. The van der Waals surface area contributed by atoms with Gasteiger partial charge in [-0.25, -0.2) is 0 Å². The Morgan fingerprint density at radius 3 is 2.79 bits per heavy atom. The smallest absolute Gasteiger partial charge is 0.0927 e. The lowest BCUT2D eigenvalue weighted by molar-refractivity contribution is -0.0622. The van der Waals surface area contributed by atoms with E-state index < -0.39 is 5.60 Å². The number of rotatable bonds is 2. The Bertz CT molecular complexity index is 573. The van der Waals surface area contributed by atoms with E-state index in [4.69, 9.17) is 4.74 Å². The van der Waals surface area contributed by atoms with Gasteiger partial charge in [-0.3, -0.25) is 0 Å². The third kappa shape index (κ3) is 2.26. The minimum absolute atomic E-state index is 0.165. The first kappa shape index (κ1) is 12.6. The molecule has 2 unspecified atom stereocenters. The molecule has 0 bridgehead atoms. The summed E-state index contributed by atoms with van der Waals surface area (Å²) < 4.78 is 5.46. The van der Waals surface area contributed by atoms with Crippen LogP contribution < -0.4 is 0 Å². The van der Waals surface area contributed by atoms with Crippen LogP contribution in [0.2, 0.25) is 0 Å². The second-order valence-corrected chi connectivity index (χ2v) is 5.51. The lowest BCUT2D eigenvalue weighted by Crippen LogP contribution is -2.36. The van der Waals surface area contributed by atoms with Crippen LogP contribution in [0, 0.1) is 0 Å². The summed E-state index contributed by atoms with van der Waals surface area (Å²) in [5.74, 6) is 0. The molecule has 0 amide bonds. The van der Waals surface area contributed by atoms with Crippen molar-refractivity contribution >= 4 is 10.8 Å². The first-order chi connectivity index (χ1) is 9.23. The number of aliphatic hydroxyl groups is 1. The van der Waals surface area contributed by atoms with Crippen molar-refractivity contribution in [3.63, 3.8) is 0 Å². The Kier molecular flexibility index (Phi) is 3.29. The van der Waals surface area contributed by atoms with Gasteiger partial charge in [0.05, 0.1) is 11.7 Å². The van der Waals surface area contributed by atoms with Gasteiger partial charge in [0.25, 0.3) is 0 Å². The number of hydrogen-bond donors (Lipinski definition) is 1. The van der Waals surface area contributed by atoms with Crippen molar-refractivity contribution in [3.05, 3.63) is 48.0 Å². The highest BCUT2D eigenvalue weighted by Crippen LogP contribution is 2.40. The normalized spacial score (nSPS) is 27.6. The summed E-state index contributed by atoms with van der Waals surface area (Å²) in [5.41, 5.74) is 0.298. The highest BCUT2D eigenvalue weighted by molar-refractivity contribution is 5.86. The van der Waals surface area contributed by atoms with Gasteiger partial charge in [0.15, 0.2) is 0 Å². The Balaban J connectivity index is 2.07. The van der Waals surface area contributed by atoms with Crippen molar-refractivity contribution in [1.82, 2.24) is 0 Å². The van der Waals surface area contributed by atoms with Crippen LogP contribution in [-0.4, -0.2) is 18.3 Å². The fourth-order valence-electron chi connectivity index (χ4n) is 3.28. The number of ether oxygens (including phenoxy) is 1. The van der Waals surface area contributed by atoms with Gasteiger partial charge < -0.3 is 9.84 Å². The Labute approximate surface area is 114 Å². The quantitative estimate of drug-likeness (QED) is 0.889. The lowest BCUT2D eigenvalue weighted by Gasteiger charge is -2.37. The molecule has 2 atom stereocenters. The molecular weight excluding hydrogens is 236 g/mol. The van der Waals surface area contributed by atoms with Crippen LogP contribution in [0.15, 0.2) is 42.5 Å². The molecule has 1 aliphatic carbocycles. The van der Waals surface area contributed by atoms with E-state index in [-0.39, 0.29) is 6.10 Å². The van der Waals surface area contributed by atoms with E-state index in [9.17, 15) is 5.11 Å². The summed E-state index contributed by atoms with van der Waals surface area (Å²) in [7, 11) is 1.74. The predicted octanol–water partition coefficient (Wildman–Crippen LogP) is 3.62. The van der Waals surface area contributed by atoms with Crippen LogP contribution >= 0.6 is 0 Å². The summed E-state index contributed by atoms with van der Waals surface area (Å²) in [6.07, 6.45) is 3.73. The molecule has 0 heterocycles. The van der Waals surface area contributed by atoms with Crippen molar-refractivity contribution in [2.24, 2.45) is 0 Å². The minimum atomic E-state index is -0.750. The minimum Gasteiger partial charge on any atom is -0.385 e. The molecule has 2 aromatic rings. The maximum absolute atomic E-state index is 11.1. The zero-order chi connectivity index (χ0) is 13.3. The summed E-state index contributed by atoms with van der Waals surface area (Å²) >= 11 is 0. The average Bonchev–Trinajstić information content (AvgIpc) is 2.46.